The number of halogens is 2. The van der Waals surface area contributed by atoms with Crippen LogP contribution in [0.5, 0.6) is 0 Å². The topological polar surface area (TPSA) is 55.4 Å². The van der Waals surface area contributed by atoms with Gasteiger partial charge in [-0.15, -0.1) is 0 Å². The molecule has 118 valence electrons. The van der Waals surface area contributed by atoms with E-state index in [1.165, 1.54) is 0 Å². The first-order valence-corrected chi connectivity index (χ1v) is 6.63. The highest BCUT2D eigenvalue weighted by molar-refractivity contribution is 5.76. The van der Waals surface area contributed by atoms with E-state index < -0.39 is 28.9 Å². The zero-order valence-corrected chi connectivity index (χ0v) is 12.6. The van der Waals surface area contributed by atoms with Crippen LogP contribution in [0.15, 0.2) is 12.1 Å². The number of hydrogen-bond acceptors (Lipinski definition) is 3. The molecule has 6 heteroatoms. The van der Waals surface area contributed by atoms with E-state index in [4.69, 9.17) is 4.74 Å². The van der Waals surface area contributed by atoms with Crippen molar-refractivity contribution in [2.45, 2.75) is 32.8 Å². The molecule has 0 fully saturated rings. The Kier molecular flexibility index (Phi) is 6.05. The molecular weight excluding hydrogens is 292 g/mol. The van der Waals surface area contributed by atoms with Crippen LogP contribution in [-0.4, -0.2) is 24.5 Å². The van der Waals surface area contributed by atoms with E-state index in [1.807, 2.05) is 0 Å². The summed E-state index contributed by atoms with van der Waals surface area (Å²) in [5.41, 5.74) is -1.07. The molecule has 0 spiro atoms. The van der Waals surface area contributed by atoms with Gasteiger partial charge >= 0.3 is 6.09 Å². The summed E-state index contributed by atoms with van der Waals surface area (Å²) >= 11 is 0. The van der Waals surface area contributed by atoms with Crippen molar-refractivity contribution in [1.82, 2.24) is 5.32 Å². The van der Waals surface area contributed by atoms with Crippen molar-refractivity contribution < 1.29 is 23.1 Å². The highest BCUT2D eigenvalue weighted by atomic mass is 19.1. The molecule has 0 saturated carbocycles. The minimum Gasteiger partial charge on any atom is -0.444 e. The summed E-state index contributed by atoms with van der Waals surface area (Å²) in [4.78, 5) is 21.8. The Balaban J connectivity index is 2.52. The van der Waals surface area contributed by atoms with Gasteiger partial charge in [-0.05, 0) is 32.9 Å². The number of rotatable bonds is 3. The third-order valence-corrected chi connectivity index (χ3v) is 2.35. The van der Waals surface area contributed by atoms with Crippen molar-refractivity contribution in [1.29, 1.82) is 0 Å². The van der Waals surface area contributed by atoms with Crippen molar-refractivity contribution in [3.05, 3.63) is 34.9 Å². The molecule has 1 aromatic rings. The van der Waals surface area contributed by atoms with Gasteiger partial charge < -0.3 is 10.1 Å². The number of carbonyl (C=O) groups is 2. The molecule has 4 nitrogen and oxygen atoms in total. The summed E-state index contributed by atoms with van der Waals surface area (Å²) in [7, 11) is 0. The number of nitrogens with one attached hydrogen (secondary N) is 1. The van der Waals surface area contributed by atoms with E-state index in [1.54, 1.807) is 20.8 Å². The van der Waals surface area contributed by atoms with Gasteiger partial charge in [-0.1, -0.05) is 11.8 Å². The van der Waals surface area contributed by atoms with E-state index in [2.05, 4.69) is 17.2 Å². The maximum Gasteiger partial charge on any atom is 0.407 e. The summed E-state index contributed by atoms with van der Waals surface area (Å²) < 4.78 is 31.7. The van der Waals surface area contributed by atoms with E-state index in [0.29, 0.717) is 0 Å². The molecule has 0 atom stereocenters. The smallest absolute Gasteiger partial charge is 0.407 e. The molecule has 0 aromatic heterocycles. The number of aldehydes is 1. The number of alkyl carbamates (subject to hydrolysis) is 1. The summed E-state index contributed by atoms with van der Waals surface area (Å²) in [5, 5.41) is 2.51. The first-order valence-electron chi connectivity index (χ1n) is 6.63. The van der Waals surface area contributed by atoms with Crippen LogP contribution in [0.25, 0.3) is 0 Å². The van der Waals surface area contributed by atoms with Crippen LogP contribution in [0.3, 0.4) is 0 Å². The van der Waals surface area contributed by atoms with Crippen molar-refractivity contribution >= 4 is 12.4 Å². The quantitative estimate of drug-likeness (QED) is 0.530. The lowest BCUT2D eigenvalue weighted by Gasteiger charge is -2.19. The summed E-state index contributed by atoms with van der Waals surface area (Å²) in [6.07, 6.45) is -0.147. The lowest BCUT2D eigenvalue weighted by molar-refractivity contribution is 0.0529. The van der Waals surface area contributed by atoms with Crippen molar-refractivity contribution in [2.24, 2.45) is 0 Å². The zero-order chi connectivity index (χ0) is 16.8. The molecule has 0 bridgehead atoms. The standard InChI is InChI=1S/C16H17F2NO3/c1-16(2,3)22-15(21)19-7-5-4-6-11-8-13(17)12(10-20)14(18)9-11/h8-10H,5,7H2,1-3H3,(H,19,21). The van der Waals surface area contributed by atoms with E-state index in [9.17, 15) is 18.4 Å². The van der Waals surface area contributed by atoms with Crippen molar-refractivity contribution in [2.75, 3.05) is 6.54 Å². The van der Waals surface area contributed by atoms with Gasteiger partial charge in [-0.3, -0.25) is 4.79 Å². The van der Waals surface area contributed by atoms with Gasteiger partial charge in [0.1, 0.15) is 17.2 Å². The van der Waals surface area contributed by atoms with Crippen LogP contribution in [0, 0.1) is 23.5 Å². The van der Waals surface area contributed by atoms with Gasteiger partial charge in [-0.2, -0.15) is 0 Å². The van der Waals surface area contributed by atoms with Crippen LogP contribution in [0.1, 0.15) is 43.1 Å². The average molecular weight is 309 g/mol. The second-order valence-electron chi connectivity index (χ2n) is 5.45. The molecule has 0 aliphatic carbocycles. The molecule has 0 aliphatic heterocycles. The minimum absolute atomic E-state index is 0.118. The fraction of sp³-hybridized carbons (Fsp3) is 0.375. The lowest BCUT2D eigenvalue weighted by Crippen LogP contribution is -2.32. The maximum atomic E-state index is 13.3. The molecule has 1 rings (SSSR count). The van der Waals surface area contributed by atoms with Crippen LogP contribution < -0.4 is 5.32 Å². The first-order chi connectivity index (χ1) is 10.2. The largest absolute Gasteiger partial charge is 0.444 e. The van der Waals surface area contributed by atoms with Gasteiger partial charge in [-0.25, -0.2) is 13.6 Å². The second kappa shape index (κ2) is 7.55. The molecule has 1 N–H and O–H groups in total. The normalized spacial score (nSPS) is 10.4. The molecule has 0 aliphatic rings. The second-order valence-corrected chi connectivity index (χ2v) is 5.45. The Morgan fingerprint density at radius 3 is 2.41 bits per heavy atom. The maximum absolute atomic E-state index is 13.3. The molecule has 0 radical (unpaired) electrons. The Hall–Kier alpha value is -2.42. The van der Waals surface area contributed by atoms with Gasteiger partial charge in [0.2, 0.25) is 0 Å². The molecule has 0 unspecified atom stereocenters. The predicted octanol–water partition coefficient (Wildman–Crippen LogP) is 3.04. The predicted molar refractivity (Wildman–Crippen MR) is 77.5 cm³/mol. The van der Waals surface area contributed by atoms with Crippen LogP contribution in [0.4, 0.5) is 13.6 Å². The van der Waals surface area contributed by atoms with Crippen molar-refractivity contribution in [3.8, 4) is 11.8 Å². The average Bonchev–Trinajstić information content (AvgIpc) is 2.35. The molecule has 22 heavy (non-hydrogen) atoms. The fourth-order valence-corrected chi connectivity index (χ4v) is 1.47. The first kappa shape index (κ1) is 17.6. The van der Waals surface area contributed by atoms with Crippen LogP contribution >= 0.6 is 0 Å². The summed E-state index contributed by atoms with van der Waals surface area (Å²) in [5.74, 6) is 3.33. The third-order valence-electron chi connectivity index (χ3n) is 2.35. The fourth-order valence-electron chi connectivity index (χ4n) is 1.47. The Labute approximate surface area is 127 Å². The molecular formula is C16H17F2NO3. The van der Waals surface area contributed by atoms with Crippen molar-refractivity contribution in [3.63, 3.8) is 0 Å². The number of ether oxygens (including phenoxy) is 1. The SMILES string of the molecule is CC(C)(C)OC(=O)NCCC#Cc1cc(F)c(C=O)c(F)c1. The number of amides is 1. The number of benzene rings is 1. The minimum atomic E-state index is -0.953. The van der Waals surface area contributed by atoms with E-state index in [-0.39, 0.29) is 24.8 Å². The number of hydrogen-bond donors (Lipinski definition) is 1. The van der Waals surface area contributed by atoms with Gasteiger partial charge in [0.15, 0.2) is 6.29 Å². The Morgan fingerprint density at radius 2 is 1.91 bits per heavy atom. The van der Waals surface area contributed by atoms with Gasteiger partial charge in [0, 0.05) is 18.5 Å². The summed E-state index contributed by atoms with van der Waals surface area (Å²) in [6, 6.07) is 1.97. The highest BCUT2D eigenvalue weighted by Crippen LogP contribution is 2.12. The zero-order valence-electron chi connectivity index (χ0n) is 12.6. The van der Waals surface area contributed by atoms with Gasteiger partial charge in [0.05, 0.1) is 5.56 Å². The Bertz CT molecular complexity index is 601. The summed E-state index contributed by atoms with van der Waals surface area (Å²) in [6.45, 7) is 5.49. The van der Waals surface area contributed by atoms with Gasteiger partial charge in [0.25, 0.3) is 0 Å². The van der Waals surface area contributed by atoms with E-state index in [0.717, 1.165) is 12.1 Å². The molecule has 0 saturated heterocycles. The number of carbonyl (C=O) groups excluding carboxylic acids is 2. The molecule has 1 amide bonds. The van der Waals surface area contributed by atoms with E-state index >= 15 is 0 Å². The Morgan fingerprint density at radius 1 is 1.32 bits per heavy atom. The third kappa shape index (κ3) is 5.92. The molecule has 0 heterocycles. The molecule has 1 aromatic carbocycles. The highest BCUT2D eigenvalue weighted by Gasteiger charge is 2.15. The monoisotopic (exact) mass is 309 g/mol. The van der Waals surface area contributed by atoms with Crippen LogP contribution in [-0.2, 0) is 4.74 Å². The lowest BCUT2D eigenvalue weighted by atomic mass is 10.1. The van der Waals surface area contributed by atoms with Crippen LogP contribution in [0.2, 0.25) is 0 Å².